The second kappa shape index (κ2) is 19.4. The maximum atomic E-state index is 12.5. The van der Waals surface area contributed by atoms with Crippen LogP contribution in [0.5, 0.6) is 11.8 Å². The lowest BCUT2D eigenvalue weighted by atomic mass is 9.75. The standard InChI is InChI=1S/C40H51N3O17S4/c1-39(19-8-24-61(47,48)49)30-26-28(63(53,54)55)13-15-32(30)41(21-6-4-5-12-38(46)60-43-36(44)17-18-37(43)45)34(39)10-7-11-35-40(2,20-9-25-62(50,51)52)31-27-29(64(56,57)58)14-16-33(31)42(35)22-23-59-3/h7,10-11,13-18,26-27H,4-6,8-9,12,19-25H2,1-3H3,(H5-,44,45,47,48,49,50,51,52,53,54,55,56,57,58)/p+1. The number of allylic oxidation sites excluding steroid dienone is 4. The fourth-order valence-electron chi connectivity index (χ4n) is 8.38. The van der Waals surface area contributed by atoms with Crippen LogP contribution in [-0.2, 0) is 60.8 Å². The van der Waals surface area contributed by atoms with Gasteiger partial charge in [-0.15, -0.1) is 4.73 Å². The summed E-state index contributed by atoms with van der Waals surface area (Å²) in [7, 11) is -16.7. The fraction of sp³-hybridized carbons (Fsp3) is 0.450. The molecule has 64 heavy (non-hydrogen) atoms. The van der Waals surface area contributed by atoms with Crippen molar-refractivity contribution in [1.82, 2.24) is 4.73 Å². The second-order valence-corrected chi connectivity index (χ2v) is 21.9. The van der Waals surface area contributed by atoms with Crippen molar-refractivity contribution in [2.24, 2.45) is 0 Å². The summed E-state index contributed by atoms with van der Waals surface area (Å²) in [5.74, 6) is -2.90. The molecular weight excluding hydrogens is 923 g/mol. The summed E-state index contributed by atoms with van der Waals surface area (Å²) in [6.07, 6.45) is 6.26. The first-order valence-corrected chi connectivity index (χ1v) is 26.0. The molecule has 2 aliphatic heterocycles. The zero-order chi connectivity index (χ0) is 47.5. The number of ether oxygens (including phenoxy) is 1. The summed E-state index contributed by atoms with van der Waals surface area (Å²) in [4.78, 5) is 18.6. The Hall–Kier alpha value is -4.66. The van der Waals surface area contributed by atoms with E-state index < -0.39 is 90.3 Å². The van der Waals surface area contributed by atoms with Crippen molar-refractivity contribution in [2.45, 2.75) is 85.8 Å². The van der Waals surface area contributed by atoms with Crippen LogP contribution in [0, 0.1) is 0 Å². The first kappa shape index (κ1) is 50.3. The minimum atomic E-state index is -4.71. The smallest absolute Gasteiger partial charge is 0.333 e. The third kappa shape index (κ3) is 11.8. The van der Waals surface area contributed by atoms with Crippen LogP contribution in [0.15, 0.2) is 82.2 Å². The van der Waals surface area contributed by atoms with Gasteiger partial charge in [-0.05, 0) is 94.3 Å². The van der Waals surface area contributed by atoms with Crippen molar-refractivity contribution in [3.8, 4) is 11.8 Å². The molecule has 2 unspecified atom stereocenters. The minimum Gasteiger partial charge on any atom is -0.492 e. The summed E-state index contributed by atoms with van der Waals surface area (Å²) < 4.78 is 144. The van der Waals surface area contributed by atoms with Crippen molar-refractivity contribution in [1.29, 1.82) is 0 Å². The molecule has 3 heterocycles. The van der Waals surface area contributed by atoms with E-state index in [0.717, 1.165) is 12.1 Å². The molecule has 24 heteroatoms. The molecule has 0 fully saturated rings. The number of aromatic hydroxyl groups is 2. The van der Waals surface area contributed by atoms with Gasteiger partial charge in [-0.1, -0.05) is 6.08 Å². The summed E-state index contributed by atoms with van der Waals surface area (Å²) >= 11 is 0. The number of fused-ring (bicyclic) bond motifs is 2. The average molecular weight is 975 g/mol. The van der Waals surface area contributed by atoms with E-state index in [1.54, 1.807) is 32.1 Å². The van der Waals surface area contributed by atoms with Gasteiger partial charge in [-0.25, -0.2) is 4.79 Å². The topological polar surface area (TPSA) is 305 Å². The predicted octanol–water partition coefficient (Wildman–Crippen LogP) is 4.17. The number of nitrogens with zero attached hydrogens (tertiary/aromatic N) is 3. The Labute approximate surface area is 372 Å². The summed E-state index contributed by atoms with van der Waals surface area (Å²) in [5, 5.41) is 19.6. The largest absolute Gasteiger partial charge is 0.492 e. The Kier molecular flexibility index (Phi) is 15.3. The van der Waals surface area contributed by atoms with Gasteiger partial charge in [0.2, 0.25) is 17.4 Å². The van der Waals surface area contributed by atoms with Crippen molar-refractivity contribution >= 4 is 63.5 Å². The zero-order valence-electron chi connectivity index (χ0n) is 35.2. The Morgan fingerprint density at radius 2 is 1.30 bits per heavy atom. The SMILES string of the molecule is COCCN1C(=CC=CC2=[N+](CCCCCC(=O)On3c(O)ccc3O)c3ccc(S(=O)(=O)O)cc3C2(C)CCCS(=O)(=O)O)C(C)(CCCS(=O)(=O)O)c2cc(S(=O)(=O)O)ccc21. The molecule has 0 aliphatic carbocycles. The van der Waals surface area contributed by atoms with Crippen molar-refractivity contribution in [3.63, 3.8) is 0 Å². The van der Waals surface area contributed by atoms with E-state index in [9.17, 15) is 66.9 Å². The number of aromatic nitrogens is 1. The van der Waals surface area contributed by atoms with E-state index in [2.05, 4.69) is 0 Å². The predicted molar refractivity (Wildman–Crippen MR) is 233 cm³/mol. The monoisotopic (exact) mass is 974 g/mol. The molecule has 5 rings (SSSR count). The van der Waals surface area contributed by atoms with Crippen molar-refractivity contribution in [3.05, 3.63) is 83.6 Å². The molecule has 2 atom stereocenters. The molecule has 2 aliphatic rings. The Balaban J connectivity index is 1.60. The van der Waals surface area contributed by atoms with Gasteiger partial charge in [-0.2, -0.15) is 38.2 Å². The number of hydrogen-bond acceptors (Lipinski definition) is 14. The van der Waals surface area contributed by atoms with E-state index in [0.29, 0.717) is 57.9 Å². The molecular formula is C40H52N3O17S4+. The van der Waals surface area contributed by atoms with Gasteiger partial charge in [0.1, 0.15) is 6.54 Å². The highest BCUT2D eigenvalue weighted by molar-refractivity contribution is 7.86. The van der Waals surface area contributed by atoms with Crippen LogP contribution in [0.2, 0.25) is 0 Å². The molecule has 0 radical (unpaired) electrons. The van der Waals surface area contributed by atoms with Crippen LogP contribution in [0.25, 0.3) is 0 Å². The molecule has 2 aromatic carbocycles. The van der Waals surface area contributed by atoms with Gasteiger partial charge in [0.25, 0.3) is 40.5 Å². The minimum absolute atomic E-state index is 0.0541. The third-order valence-electron chi connectivity index (χ3n) is 11.5. The van der Waals surface area contributed by atoms with Gasteiger partial charge in [0.05, 0.1) is 33.3 Å². The van der Waals surface area contributed by atoms with Crippen molar-refractivity contribution in [2.75, 3.05) is 43.2 Å². The second-order valence-electron chi connectivity index (χ2n) is 16.0. The van der Waals surface area contributed by atoms with Crippen LogP contribution < -0.4 is 9.74 Å². The van der Waals surface area contributed by atoms with E-state index in [1.807, 2.05) is 9.48 Å². The molecule has 6 N–H and O–H groups in total. The Morgan fingerprint density at radius 3 is 1.86 bits per heavy atom. The van der Waals surface area contributed by atoms with E-state index >= 15 is 0 Å². The van der Waals surface area contributed by atoms with Crippen LogP contribution in [0.1, 0.15) is 76.3 Å². The third-order valence-corrected chi connectivity index (χ3v) is 14.8. The molecule has 352 valence electrons. The quantitative estimate of drug-likeness (QED) is 0.0468. The van der Waals surface area contributed by atoms with Crippen LogP contribution in [0.3, 0.4) is 0 Å². The average Bonchev–Trinajstić information content (AvgIpc) is 3.71. The van der Waals surface area contributed by atoms with E-state index in [4.69, 9.17) is 9.57 Å². The maximum Gasteiger partial charge on any atom is 0.333 e. The normalized spacial score (nSPS) is 19.8. The lowest BCUT2D eigenvalue weighted by molar-refractivity contribution is -0.438. The first-order chi connectivity index (χ1) is 29.7. The van der Waals surface area contributed by atoms with Crippen LogP contribution in [-0.4, -0.2) is 121 Å². The van der Waals surface area contributed by atoms with Crippen LogP contribution in [0.4, 0.5) is 11.4 Å². The van der Waals surface area contributed by atoms with Crippen molar-refractivity contribution < 1.29 is 81.0 Å². The number of unbranched alkanes of at least 4 members (excludes halogenated alkanes) is 2. The highest BCUT2D eigenvalue weighted by atomic mass is 32.2. The number of rotatable bonds is 22. The molecule has 0 saturated heterocycles. The van der Waals surface area contributed by atoms with Crippen LogP contribution >= 0.6 is 0 Å². The molecule has 0 amide bonds. The summed E-state index contributed by atoms with van der Waals surface area (Å²) in [6, 6.07) is 10.4. The zero-order valence-corrected chi connectivity index (χ0v) is 38.5. The highest BCUT2D eigenvalue weighted by Crippen LogP contribution is 2.51. The van der Waals surface area contributed by atoms with E-state index in [-0.39, 0.29) is 51.8 Å². The van der Waals surface area contributed by atoms with Gasteiger partial charge in [-0.3, -0.25) is 18.2 Å². The molecule has 3 aromatic rings. The molecule has 1 aromatic heterocycles. The van der Waals surface area contributed by atoms with Gasteiger partial charge >= 0.3 is 5.97 Å². The highest BCUT2D eigenvalue weighted by Gasteiger charge is 2.48. The molecule has 20 nitrogen and oxygen atoms in total. The Bertz CT molecular complexity index is 2800. The lowest BCUT2D eigenvalue weighted by Crippen LogP contribution is -2.32. The van der Waals surface area contributed by atoms with Gasteiger partial charge < -0.3 is 24.7 Å². The number of anilines is 1. The molecule has 0 saturated carbocycles. The fourth-order valence-corrected chi connectivity index (χ4v) is 10.4. The maximum absolute atomic E-state index is 12.5. The Morgan fingerprint density at radius 1 is 0.734 bits per heavy atom. The first-order valence-electron chi connectivity index (χ1n) is 19.9. The van der Waals surface area contributed by atoms with Gasteiger partial charge in [0.15, 0.2) is 5.71 Å². The lowest BCUT2D eigenvalue weighted by Gasteiger charge is -2.30. The number of methoxy groups -OCH3 is 1. The van der Waals surface area contributed by atoms with E-state index in [1.165, 1.54) is 43.5 Å². The molecule has 0 spiro atoms. The number of hydrogen-bond donors (Lipinski definition) is 6. The van der Waals surface area contributed by atoms with Gasteiger partial charge in [0, 0.05) is 73.1 Å². The molecule has 0 bridgehead atoms. The summed E-state index contributed by atoms with van der Waals surface area (Å²) in [6.45, 7) is 4.22. The summed E-state index contributed by atoms with van der Waals surface area (Å²) in [5.41, 5.74) is 0.743. The number of carbonyl (C=O) groups is 1. The number of carbonyl (C=O) groups excluding carboxylic acids is 1. The number of benzene rings is 2.